The number of hydrogen-bond donors (Lipinski definition) is 8. The van der Waals surface area contributed by atoms with Gasteiger partial charge in [-0.1, -0.05) is 226 Å². The summed E-state index contributed by atoms with van der Waals surface area (Å²) in [4.78, 5) is 13.1. The van der Waals surface area contributed by atoms with Crippen LogP contribution in [0.15, 0.2) is 0 Å². The monoisotopic (exact) mass is 874 g/mol. The summed E-state index contributed by atoms with van der Waals surface area (Å²) in [7, 11) is 0. The molecule has 11 nitrogen and oxygen atoms in total. The minimum Gasteiger partial charge on any atom is -0.394 e. The van der Waals surface area contributed by atoms with Crippen LogP contribution in [0.25, 0.3) is 0 Å². The Bertz CT molecular complexity index is 975. The molecule has 8 N–H and O–H groups in total. The summed E-state index contributed by atoms with van der Waals surface area (Å²) in [5, 5.41) is 75.8. The quantitative estimate of drug-likeness (QED) is 0.0274. The molecule has 11 heteroatoms. The van der Waals surface area contributed by atoms with Crippen molar-refractivity contribution in [2.45, 2.75) is 294 Å². The Kier molecular flexibility index (Phi) is 37.6. The van der Waals surface area contributed by atoms with Gasteiger partial charge in [0.1, 0.15) is 36.6 Å². The third-order valence-electron chi connectivity index (χ3n) is 13.2. The third kappa shape index (κ3) is 29.3. The predicted octanol–water partition coefficient (Wildman–Crippen LogP) is 9.31. The number of ether oxygens (including phenoxy) is 2. The van der Waals surface area contributed by atoms with Crippen molar-refractivity contribution in [3.8, 4) is 0 Å². The van der Waals surface area contributed by atoms with Crippen molar-refractivity contribution in [1.82, 2.24) is 5.32 Å². The fourth-order valence-electron chi connectivity index (χ4n) is 8.54. The van der Waals surface area contributed by atoms with Crippen LogP contribution in [0.2, 0.25) is 0 Å². The van der Waals surface area contributed by atoms with Crippen molar-refractivity contribution in [2.75, 3.05) is 13.2 Å². The molecule has 1 rings (SSSR count). The first-order valence-electron chi connectivity index (χ1n) is 25.8. The maximum Gasteiger partial charge on any atom is 0.249 e. The van der Waals surface area contributed by atoms with E-state index < -0.39 is 74.2 Å². The van der Waals surface area contributed by atoms with Gasteiger partial charge >= 0.3 is 0 Å². The lowest BCUT2D eigenvalue weighted by Gasteiger charge is -2.40. The summed E-state index contributed by atoms with van der Waals surface area (Å²) in [6.45, 7) is 5.79. The molecule has 364 valence electrons. The summed E-state index contributed by atoms with van der Waals surface area (Å²) < 4.78 is 11.1. The zero-order valence-corrected chi connectivity index (χ0v) is 39.6. The number of aliphatic hydroxyl groups is 7. The molecule has 0 aromatic rings. The van der Waals surface area contributed by atoms with Gasteiger partial charge < -0.3 is 50.5 Å². The highest BCUT2D eigenvalue weighted by molar-refractivity contribution is 5.80. The number of rotatable bonds is 43. The fourth-order valence-corrected chi connectivity index (χ4v) is 8.54. The molecule has 1 saturated heterocycles. The van der Waals surface area contributed by atoms with Crippen molar-refractivity contribution in [2.24, 2.45) is 5.92 Å². The van der Waals surface area contributed by atoms with Crippen LogP contribution in [-0.4, -0.2) is 110 Å². The van der Waals surface area contributed by atoms with Gasteiger partial charge in [0.2, 0.25) is 5.91 Å². The average Bonchev–Trinajstić information content (AvgIpc) is 3.26. The van der Waals surface area contributed by atoms with Crippen molar-refractivity contribution in [1.29, 1.82) is 0 Å². The van der Waals surface area contributed by atoms with E-state index in [4.69, 9.17) is 9.47 Å². The molecule has 61 heavy (non-hydrogen) atoms. The minimum atomic E-state index is -1.66. The molecule has 0 spiro atoms. The van der Waals surface area contributed by atoms with E-state index in [1.165, 1.54) is 154 Å². The van der Waals surface area contributed by atoms with E-state index in [2.05, 4.69) is 26.1 Å². The van der Waals surface area contributed by atoms with Crippen LogP contribution in [0.1, 0.15) is 239 Å². The topological polar surface area (TPSA) is 189 Å². The number of amides is 1. The number of carbonyl (C=O) groups is 1. The molecule has 0 radical (unpaired) electrons. The molecule has 0 aromatic carbocycles. The molecular formula is C50H99NO10. The third-order valence-corrected chi connectivity index (χ3v) is 13.2. The highest BCUT2D eigenvalue weighted by atomic mass is 16.7. The van der Waals surface area contributed by atoms with Gasteiger partial charge in [-0.25, -0.2) is 0 Å². The van der Waals surface area contributed by atoms with Crippen molar-refractivity contribution in [3.05, 3.63) is 0 Å². The molecule has 0 bridgehead atoms. The molecule has 10 atom stereocenters. The normalized spacial score (nSPS) is 21.9. The average molecular weight is 874 g/mol. The van der Waals surface area contributed by atoms with Gasteiger partial charge in [0.05, 0.1) is 25.4 Å². The van der Waals surface area contributed by atoms with E-state index in [0.717, 1.165) is 44.4 Å². The van der Waals surface area contributed by atoms with Gasteiger partial charge in [-0.2, -0.15) is 0 Å². The Morgan fingerprint density at radius 3 is 1.36 bits per heavy atom. The Hall–Kier alpha value is -0.890. The van der Waals surface area contributed by atoms with Crippen molar-refractivity contribution in [3.63, 3.8) is 0 Å². The molecule has 0 saturated carbocycles. The van der Waals surface area contributed by atoms with Crippen LogP contribution >= 0.6 is 0 Å². The second-order valence-electron chi connectivity index (χ2n) is 18.9. The summed E-state index contributed by atoms with van der Waals surface area (Å²) in [6.07, 6.45) is 28.7. The van der Waals surface area contributed by atoms with Gasteiger partial charge in [0.15, 0.2) is 6.29 Å². The molecule has 1 aliphatic heterocycles. The van der Waals surface area contributed by atoms with E-state index in [9.17, 15) is 40.5 Å². The smallest absolute Gasteiger partial charge is 0.249 e. The molecule has 1 fully saturated rings. The van der Waals surface area contributed by atoms with Crippen LogP contribution in [0.4, 0.5) is 0 Å². The first-order chi connectivity index (χ1) is 29.6. The number of carbonyl (C=O) groups excluding carboxylic acids is 1. The van der Waals surface area contributed by atoms with Crippen LogP contribution in [0, 0.1) is 5.92 Å². The standard InChI is InChI=1S/C50H99NO10/c1-4-6-7-8-9-10-11-12-13-14-15-16-17-18-19-20-21-24-28-31-34-37-43(54)49(59)51-41(39-60-50-48(58)47(57)46(56)44(38-52)61-50)45(55)42(53)36-33-30-27-25-22-23-26-29-32-35-40(3)5-2/h40-48,50,52-58H,4-39H2,1-3H3,(H,51,59)/t40?,41-,42+,43+,44+,45-,46-,47-,48+,50?/m0/s1. The zero-order valence-electron chi connectivity index (χ0n) is 39.6. The Morgan fingerprint density at radius 1 is 0.557 bits per heavy atom. The maximum absolute atomic E-state index is 13.1. The lowest BCUT2D eigenvalue weighted by molar-refractivity contribution is -0.303. The maximum atomic E-state index is 13.1. The SMILES string of the molecule is CCCCCCCCCCCCCCCCCCCCCCC[C@@H](O)C(=O)N[C@@H](COC1O[C@H](CO)[C@H](O)[C@H](O)[C@H]1O)[C@H](O)[C@H](O)CCCCCCCCCCCC(C)CC. The molecule has 1 aliphatic rings. The van der Waals surface area contributed by atoms with Crippen LogP contribution in [0.5, 0.6) is 0 Å². The van der Waals surface area contributed by atoms with Gasteiger partial charge in [-0.05, 0) is 18.8 Å². The van der Waals surface area contributed by atoms with Crippen molar-refractivity contribution >= 4 is 5.91 Å². The summed E-state index contributed by atoms with van der Waals surface area (Å²) in [6, 6.07) is -1.16. The second-order valence-corrected chi connectivity index (χ2v) is 18.9. The highest BCUT2D eigenvalue weighted by Gasteiger charge is 2.44. The van der Waals surface area contributed by atoms with E-state index in [0.29, 0.717) is 19.3 Å². The molecule has 2 unspecified atom stereocenters. The number of nitrogens with one attached hydrogen (secondary N) is 1. The molecule has 1 amide bonds. The largest absolute Gasteiger partial charge is 0.394 e. The first kappa shape index (κ1) is 58.1. The highest BCUT2D eigenvalue weighted by Crippen LogP contribution is 2.23. The Morgan fingerprint density at radius 2 is 0.951 bits per heavy atom. The summed E-state index contributed by atoms with van der Waals surface area (Å²) in [5.74, 6) is 0.122. The Balaban J connectivity index is 2.35. The van der Waals surface area contributed by atoms with Gasteiger partial charge in [0, 0.05) is 0 Å². The Labute approximate surface area is 373 Å². The molecule has 1 heterocycles. The molecular weight excluding hydrogens is 775 g/mol. The minimum absolute atomic E-state index is 0.266. The number of unbranched alkanes of at least 4 members (excludes halogenated alkanes) is 28. The van der Waals surface area contributed by atoms with Crippen LogP contribution < -0.4 is 5.32 Å². The number of aliphatic hydroxyl groups excluding tert-OH is 7. The lowest BCUT2D eigenvalue weighted by atomic mass is 9.98. The van der Waals surface area contributed by atoms with Crippen molar-refractivity contribution < 1.29 is 50.0 Å². The van der Waals surface area contributed by atoms with E-state index in [1.807, 2.05) is 0 Å². The van der Waals surface area contributed by atoms with Gasteiger partial charge in [-0.3, -0.25) is 4.79 Å². The fraction of sp³-hybridized carbons (Fsp3) is 0.980. The predicted molar refractivity (Wildman–Crippen MR) is 247 cm³/mol. The first-order valence-corrected chi connectivity index (χ1v) is 25.8. The van der Waals surface area contributed by atoms with E-state index in [1.54, 1.807) is 0 Å². The van der Waals surface area contributed by atoms with Gasteiger partial charge in [0.25, 0.3) is 0 Å². The zero-order chi connectivity index (χ0) is 44.9. The number of hydrogen-bond acceptors (Lipinski definition) is 10. The van der Waals surface area contributed by atoms with Crippen LogP contribution in [0.3, 0.4) is 0 Å². The van der Waals surface area contributed by atoms with Crippen LogP contribution in [-0.2, 0) is 14.3 Å². The van der Waals surface area contributed by atoms with Gasteiger partial charge in [-0.15, -0.1) is 0 Å². The molecule has 0 aliphatic carbocycles. The van der Waals surface area contributed by atoms with E-state index in [-0.39, 0.29) is 6.42 Å². The molecule has 0 aromatic heterocycles. The lowest BCUT2D eigenvalue weighted by Crippen LogP contribution is -2.60. The van der Waals surface area contributed by atoms with E-state index >= 15 is 0 Å². The second kappa shape index (κ2) is 39.5. The summed E-state index contributed by atoms with van der Waals surface area (Å²) >= 11 is 0. The summed E-state index contributed by atoms with van der Waals surface area (Å²) in [5.41, 5.74) is 0.